The summed E-state index contributed by atoms with van der Waals surface area (Å²) in [5.74, 6) is 1.83. The van der Waals surface area contributed by atoms with Crippen molar-refractivity contribution in [2.45, 2.75) is 38.6 Å². The zero-order chi connectivity index (χ0) is 18.1. The van der Waals surface area contributed by atoms with E-state index in [4.69, 9.17) is 5.73 Å². The molecule has 4 rings (SSSR count). The normalized spacial score (nSPS) is 17.7. The van der Waals surface area contributed by atoms with E-state index < -0.39 is 0 Å². The number of anilines is 1. The smallest absolute Gasteiger partial charge is 0.242 e. The largest absolute Gasteiger partial charge is 0.384 e. The Balaban J connectivity index is 1.48. The number of H-pyrrole nitrogens is 1. The molecular weight excluding hydrogens is 330 g/mol. The Morgan fingerprint density at radius 2 is 2.31 bits per heavy atom. The summed E-state index contributed by atoms with van der Waals surface area (Å²) in [5, 5.41) is 7.74. The maximum Gasteiger partial charge on any atom is 0.242 e. The van der Waals surface area contributed by atoms with Crippen LogP contribution in [0, 0.1) is 0 Å². The second-order valence-corrected chi connectivity index (χ2v) is 6.75. The van der Waals surface area contributed by atoms with Gasteiger partial charge in [-0.2, -0.15) is 5.10 Å². The van der Waals surface area contributed by atoms with Crippen molar-refractivity contribution in [1.82, 2.24) is 29.6 Å². The lowest BCUT2D eigenvalue weighted by Gasteiger charge is -2.32. The number of piperidine rings is 1. The molecule has 8 heteroatoms. The van der Waals surface area contributed by atoms with Crippen LogP contribution in [0.5, 0.6) is 0 Å². The second kappa shape index (κ2) is 6.78. The van der Waals surface area contributed by atoms with E-state index in [1.54, 1.807) is 6.20 Å². The average molecular weight is 353 g/mol. The topological polar surface area (TPSA) is 106 Å². The number of amides is 1. The number of rotatable bonds is 4. The molecule has 136 valence electrons. The molecule has 0 radical (unpaired) electrons. The Bertz CT molecular complexity index is 929. The number of carbonyl (C=O) groups is 1. The van der Waals surface area contributed by atoms with E-state index in [2.05, 4.69) is 20.2 Å². The van der Waals surface area contributed by atoms with Crippen LogP contribution in [0.2, 0.25) is 0 Å². The molecule has 3 aromatic rings. The van der Waals surface area contributed by atoms with E-state index in [-0.39, 0.29) is 11.8 Å². The number of imidazole rings is 1. The van der Waals surface area contributed by atoms with Gasteiger partial charge in [-0.05, 0) is 25.0 Å². The van der Waals surface area contributed by atoms with Gasteiger partial charge in [-0.15, -0.1) is 0 Å². The summed E-state index contributed by atoms with van der Waals surface area (Å²) in [7, 11) is 0. The molecule has 0 aliphatic carbocycles. The quantitative estimate of drug-likeness (QED) is 0.743. The van der Waals surface area contributed by atoms with Crippen molar-refractivity contribution in [1.29, 1.82) is 0 Å². The molecule has 4 heterocycles. The summed E-state index contributed by atoms with van der Waals surface area (Å²) in [6, 6.07) is 3.95. The Labute approximate surface area is 151 Å². The van der Waals surface area contributed by atoms with Crippen molar-refractivity contribution in [3.05, 3.63) is 36.0 Å². The van der Waals surface area contributed by atoms with Gasteiger partial charge in [0.25, 0.3) is 0 Å². The zero-order valence-corrected chi connectivity index (χ0v) is 14.9. The monoisotopic (exact) mass is 353 g/mol. The van der Waals surface area contributed by atoms with E-state index >= 15 is 0 Å². The van der Waals surface area contributed by atoms with Crippen LogP contribution in [-0.2, 0) is 17.8 Å². The van der Waals surface area contributed by atoms with Crippen LogP contribution >= 0.6 is 0 Å². The first-order chi connectivity index (χ1) is 12.7. The van der Waals surface area contributed by atoms with E-state index in [1.165, 1.54) is 0 Å². The predicted octanol–water partition coefficient (Wildman–Crippen LogP) is 1.71. The van der Waals surface area contributed by atoms with Crippen LogP contribution < -0.4 is 5.73 Å². The van der Waals surface area contributed by atoms with Crippen LogP contribution in [0.15, 0.2) is 24.5 Å². The highest BCUT2D eigenvalue weighted by Crippen LogP contribution is 2.28. The van der Waals surface area contributed by atoms with Crippen LogP contribution in [0.25, 0.3) is 11.0 Å². The van der Waals surface area contributed by atoms with Gasteiger partial charge in [-0.1, -0.05) is 6.92 Å². The molecule has 1 atom stereocenters. The molecule has 1 aliphatic heterocycles. The number of nitrogens with one attached hydrogen (secondary N) is 1. The maximum atomic E-state index is 12.7. The van der Waals surface area contributed by atoms with E-state index in [9.17, 15) is 4.79 Å². The van der Waals surface area contributed by atoms with Gasteiger partial charge in [0.05, 0.1) is 5.39 Å². The van der Waals surface area contributed by atoms with Crippen molar-refractivity contribution >= 4 is 22.8 Å². The Morgan fingerprint density at radius 3 is 3.15 bits per heavy atom. The Morgan fingerprint density at radius 1 is 1.42 bits per heavy atom. The second-order valence-electron chi connectivity index (χ2n) is 6.75. The first-order valence-corrected chi connectivity index (χ1v) is 9.04. The summed E-state index contributed by atoms with van der Waals surface area (Å²) in [4.78, 5) is 23.6. The fraction of sp³-hybridized carbons (Fsp3) is 0.444. The molecule has 0 aromatic carbocycles. The Hall–Kier alpha value is -2.90. The van der Waals surface area contributed by atoms with Crippen molar-refractivity contribution in [2.24, 2.45) is 0 Å². The number of nitrogens with two attached hydrogens (primary N) is 1. The third-order valence-electron chi connectivity index (χ3n) is 5.09. The van der Waals surface area contributed by atoms with Crippen molar-refractivity contribution in [2.75, 3.05) is 18.8 Å². The third-order valence-corrected chi connectivity index (χ3v) is 5.09. The molecule has 0 bridgehead atoms. The van der Waals surface area contributed by atoms with Crippen molar-refractivity contribution < 1.29 is 4.79 Å². The van der Waals surface area contributed by atoms with E-state index in [0.29, 0.717) is 24.6 Å². The summed E-state index contributed by atoms with van der Waals surface area (Å²) < 4.78 is 1.93. The fourth-order valence-electron chi connectivity index (χ4n) is 3.65. The molecule has 0 spiro atoms. The molecule has 1 amide bonds. The third kappa shape index (κ3) is 3.02. The number of fused-ring (bicyclic) bond motifs is 1. The lowest BCUT2D eigenvalue weighted by Crippen LogP contribution is -2.41. The van der Waals surface area contributed by atoms with E-state index in [1.807, 2.05) is 34.7 Å². The molecule has 1 unspecified atom stereocenters. The standard InChI is InChI=1S/C18H23N7O/c1-2-15-20-7-9-24(15)11-16(26)25-8-3-4-12(10-25)14-6-5-13-17(19)22-23-18(13)21-14/h5-7,9,12H,2-4,8,10-11H2,1H3,(H3,19,21,22,23). The minimum Gasteiger partial charge on any atom is -0.384 e. The van der Waals surface area contributed by atoms with Gasteiger partial charge >= 0.3 is 0 Å². The number of aromatic nitrogens is 5. The number of aryl methyl sites for hydroxylation is 1. The van der Waals surface area contributed by atoms with Gasteiger partial charge in [-0.3, -0.25) is 9.89 Å². The predicted molar refractivity (Wildman–Crippen MR) is 98.5 cm³/mol. The van der Waals surface area contributed by atoms with Gasteiger partial charge in [0, 0.05) is 43.5 Å². The number of carbonyl (C=O) groups excluding carboxylic acids is 1. The number of hydrogen-bond donors (Lipinski definition) is 2. The molecule has 1 aliphatic rings. The van der Waals surface area contributed by atoms with Gasteiger partial charge in [0.15, 0.2) is 5.65 Å². The van der Waals surface area contributed by atoms with Gasteiger partial charge in [-0.25, -0.2) is 9.97 Å². The van der Waals surface area contributed by atoms with Crippen molar-refractivity contribution in [3.8, 4) is 0 Å². The lowest BCUT2D eigenvalue weighted by molar-refractivity contribution is -0.133. The van der Waals surface area contributed by atoms with Crippen LogP contribution in [0.4, 0.5) is 5.82 Å². The highest BCUT2D eigenvalue weighted by molar-refractivity contribution is 5.85. The molecule has 26 heavy (non-hydrogen) atoms. The number of nitrogens with zero attached hydrogens (tertiary/aromatic N) is 5. The highest BCUT2D eigenvalue weighted by atomic mass is 16.2. The highest BCUT2D eigenvalue weighted by Gasteiger charge is 2.26. The first-order valence-electron chi connectivity index (χ1n) is 9.04. The number of hydrogen-bond acceptors (Lipinski definition) is 5. The number of pyridine rings is 1. The summed E-state index contributed by atoms with van der Waals surface area (Å²) in [6.45, 7) is 3.87. The number of nitrogen functional groups attached to an aromatic ring is 1. The number of likely N-dealkylation sites (tertiary alicyclic amines) is 1. The lowest BCUT2D eigenvalue weighted by atomic mass is 9.94. The minimum absolute atomic E-state index is 0.132. The summed E-state index contributed by atoms with van der Waals surface area (Å²) in [6.07, 6.45) is 6.44. The molecule has 1 saturated heterocycles. The summed E-state index contributed by atoms with van der Waals surface area (Å²) in [5.41, 5.74) is 7.44. The maximum absolute atomic E-state index is 12.7. The SMILES string of the molecule is CCc1nccn1CC(=O)N1CCCC(c2ccc3c(N)[nH]nc3n2)C1. The number of aromatic amines is 1. The molecular formula is C18H23N7O. The molecule has 1 fully saturated rings. The van der Waals surface area contributed by atoms with Crippen molar-refractivity contribution in [3.63, 3.8) is 0 Å². The Kier molecular flexibility index (Phi) is 4.32. The van der Waals surface area contributed by atoms with E-state index in [0.717, 1.165) is 42.7 Å². The minimum atomic E-state index is 0.132. The first kappa shape index (κ1) is 16.6. The van der Waals surface area contributed by atoms with Gasteiger partial charge in [0.2, 0.25) is 5.91 Å². The molecule has 0 saturated carbocycles. The summed E-state index contributed by atoms with van der Waals surface area (Å²) >= 11 is 0. The van der Waals surface area contributed by atoms with Gasteiger partial charge in [0.1, 0.15) is 18.2 Å². The zero-order valence-electron chi connectivity index (χ0n) is 14.9. The van der Waals surface area contributed by atoms with Crippen LogP contribution in [0.1, 0.15) is 37.2 Å². The molecule has 8 nitrogen and oxygen atoms in total. The average Bonchev–Trinajstić information content (AvgIpc) is 3.28. The van der Waals surface area contributed by atoms with Crippen LogP contribution in [-0.4, -0.2) is 48.6 Å². The van der Waals surface area contributed by atoms with Gasteiger partial charge < -0.3 is 15.2 Å². The molecule has 3 aromatic heterocycles. The fourth-order valence-corrected chi connectivity index (χ4v) is 3.65. The van der Waals surface area contributed by atoms with Crippen LogP contribution in [0.3, 0.4) is 0 Å². The molecule has 3 N–H and O–H groups in total.